The van der Waals surface area contributed by atoms with E-state index in [2.05, 4.69) is 4.98 Å². The largest absolute Gasteiger partial charge is 0.370 e. The van der Waals surface area contributed by atoms with Crippen molar-refractivity contribution in [2.45, 2.75) is 19.1 Å². The van der Waals surface area contributed by atoms with Crippen molar-refractivity contribution in [2.75, 3.05) is 5.75 Å². The molecule has 3 nitrogen and oxygen atoms in total. The summed E-state index contributed by atoms with van der Waals surface area (Å²) in [4.78, 5) is 14.7. The first-order valence-electron chi connectivity index (χ1n) is 3.95. The van der Waals surface area contributed by atoms with Gasteiger partial charge < -0.3 is 5.73 Å². The minimum atomic E-state index is -0.234. The van der Waals surface area contributed by atoms with Crippen LogP contribution < -0.4 is 5.73 Å². The average Bonchev–Trinajstić information content (AvgIpc) is 2.45. The van der Waals surface area contributed by atoms with E-state index in [1.54, 1.807) is 23.1 Å². The van der Waals surface area contributed by atoms with Gasteiger partial charge in [-0.05, 0) is 6.92 Å². The third-order valence-corrected chi connectivity index (χ3v) is 3.22. The van der Waals surface area contributed by atoms with E-state index in [4.69, 9.17) is 5.73 Å². The molecule has 13 heavy (non-hydrogen) atoms. The molecule has 72 valence electrons. The molecule has 1 heterocycles. The minimum Gasteiger partial charge on any atom is -0.370 e. The highest BCUT2D eigenvalue weighted by Crippen LogP contribution is 2.15. The summed E-state index contributed by atoms with van der Waals surface area (Å²) in [6, 6.07) is 0. The van der Waals surface area contributed by atoms with Crippen LogP contribution >= 0.6 is 23.1 Å². The smallest absolute Gasteiger partial charge is 0.218 e. The fraction of sp³-hybridized carbons (Fsp3) is 0.500. The first kappa shape index (κ1) is 10.5. The molecule has 1 aromatic heterocycles. The van der Waals surface area contributed by atoms with Gasteiger partial charge in [-0.1, -0.05) is 0 Å². The highest BCUT2D eigenvalue weighted by molar-refractivity contribution is 7.98. The molecule has 0 bridgehead atoms. The molecule has 0 aliphatic rings. The Balaban J connectivity index is 2.16. The Morgan fingerprint density at radius 2 is 2.54 bits per heavy atom. The van der Waals surface area contributed by atoms with Crippen molar-refractivity contribution in [2.24, 2.45) is 5.73 Å². The predicted octanol–water partition coefficient (Wildman–Crippen LogP) is 1.56. The monoisotopic (exact) mass is 216 g/mol. The number of nitrogens with two attached hydrogens (primary N) is 1. The second kappa shape index (κ2) is 5.24. The van der Waals surface area contributed by atoms with Crippen LogP contribution in [-0.4, -0.2) is 16.6 Å². The van der Waals surface area contributed by atoms with Crippen LogP contribution in [0, 0.1) is 6.92 Å². The topological polar surface area (TPSA) is 56.0 Å². The molecule has 0 unspecified atom stereocenters. The second-order valence-corrected chi connectivity index (χ2v) is 4.79. The van der Waals surface area contributed by atoms with E-state index < -0.39 is 0 Å². The number of hydrogen-bond acceptors (Lipinski definition) is 4. The molecule has 0 saturated carbocycles. The number of aryl methyl sites for hydroxylation is 1. The van der Waals surface area contributed by atoms with E-state index in [-0.39, 0.29) is 5.91 Å². The predicted molar refractivity (Wildman–Crippen MR) is 56.8 cm³/mol. The van der Waals surface area contributed by atoms with Gasteiger partial charge in [0.15, 0.2) is 0 Å². The molecule has 0 aliphatic carbocycles. The van der Waals surface area contributed by atoms with Gasteiger partial charge in [0.1, 0.15) is 0 Å². The molecule has 0 saturated heterocycles. The van der Waals surface area contributed by atoms with Crippen LogP contribution in [0.1, 0.15) is 17.1 Å². The van der Waals surface area contributed by atoms with Crippen LogP contribution in [0.25, 0.3) is 0 Å². The Kier molecular flexibility index (Phi) is 4.24. The van der Waals surface area contributed by atoms with E-state index >= 15 is 0 Å². The van der Waals surface area contributed by atoms with Crippen molar-refractivity contribution < 1.29 is 4.79 Å². The zero-order valence-corrected chi connectivity index (χ0v) is 9.08. The number of aromatic nitrogens is 1. The minimum absolute atomic E-state index is 0.234. The zero-order valence-electron chi connectivity index (χ0n) is 7.45. The lowest BCUT2D eigenvalue weighted by molar-refractivity contribution is -0.117. The normalized spacial score (nSPS) is 10.2. The van der Waals surface area contributed by atoms with Crippen molar-refractivity contribution in [3.8, 4) is 0 Å². The van der Waals surface area contributed by atoms with Gasteiger partial charge in [0.25, 0.3) is 0 Å². The number of amides is 1. The molecule has 5 heteroatoms. The first-order valence-corrected chi connectivity index (χ1v) is 5.99. The summed E-state index contributed by atoms with van der Waals surface area (Å²) in [5, 5.41) is 3.14. The van der Waals surface area contributed by atoms with E-state index in [0.29, 0.717) is 6.42 Å². The van der Waals surface area contributed by atoms with Gasteiger partial charge >= 0.3 is 0 Å². The number of carbonyl (C=O) groups is 1. The van der Waals surface area contributed by atoms with Crippen molar-refractivity contribution >= 4 is 29.0 Å². The third-order valence-electron chi connectivity index (χ3n) is 1.41. The van der Waals surface area contributed by atoms with Crippen LogP contribution in [0.4, 0.5) is 0 Å². The van der Waals surface area contributed by atoms with Gasteiger partial charge in [-0.25, -0.2) is 4.98 Å². The fourth-order valence-corrected chi connectivity index (χ4v) is 2.39. The Hall–Kier alpha value is -0.550. The van der Waals surface area contributed by atoms with Gasteiger partial charge in [0.05, 0.1) is 10.7 Å². The molecule has 1 aromatic rings. The highest BCUT2D eigenvalue weighted by Gasteiger charge is 1.99. The van der Waals surface area contributed by atoms with Crippen LogP contribution in [0.2, 0.25) is 0 Å². The van der Waals surface area contributed by atoms with Crippen LogP contribution in [0.5, 0.6) is 0 Å². The van der Waals surface area contributed by atoms with Crippen molar-refractivity contribution in [1.82, 2.24) is 4.98 Å². The highest BCUT2D eigenvalue weighted by atomic mass is 32.2. The molecule has 1 rings (SSSR count). The maximum atomic E-state index is 10.4. The quantitative estimate of drug-likeness (QED) is 0.760. The average molecular weight is 216 g/mol. The molecule has 2 N–H and O–H groups in total. The second-order valence-electron chi connectivity index (χ2n) is 2.63. The molecule has 0 aliphatic heterocycles. The summed E-state index contributed by atoms with van der Waals surface area (Å²) in [7, 11) is 0. The number of nitrogens with zero attached hydrogens (tertiary/aromatic N) is 1. The van der Waals surface area contributed by atoms with E-state index in [9.17, 15) is 4.79 Å². The van der Waals surface area contributed by atoms with E-state index in [0.717, 1.165) is 22.2 Å². The zero-order chi connectivity index (χ0) is 9.68. The van der Waals surface area contributed by atoms with Crippen molar-refractivity contribution in [3.63, 3.8) is 0 Å². The lowest BCUT2D eigenvalue weighted by Gasteiger charge is -1.95. The van der Waals surface area contributed by atoms with Crippen LogP contribution in [0.15, 0.2) is 5.38 Å². The number of thiazole rings is 1. The fourth-order valence-electron chi connectivity index (χ4n) is 0.824. The Labute approximate surface area is 85.7 Å². The van der Waals surface area contributed by atoms with Crippen LogP contribution in [0.3, 0.4) is 0 Å². The third kappa shape index (κ3) is 4.28. The summed E-state index contributed by atoms with van der Waals surface area (Å²) in [5.41, 5.74) is 6.10. The molecule has 0 spiro atoms. The Morgan fingerprint density at radius 1 is 1.77 bits per heavy atom. The molecule has 1 amide bonds. The van der Waals surface area contributed by atoms with Crippen molar-refractivity contribution in [1.29, 1.82) is 0 Å². The van der Waals surface area contributed by atoms with Crippen LogP contribution in [-0.2, 0) is 10.5 Å². The number of rotatable bonds is 5. The summed E-state index contributed by atoms with van der Waals surface area (Å²) in [6.07, 6.45) is 0.452. The number of primary amides is 1. The SMILES string of the molecule is Cc1nc(CSCCC(N)=O)cs1. The molecule has 0 fully saturated rings. The number of hydrogen-bond donors (Lipinski definition) is 1. The molecular weight excluding hydrogens is 204 g/mol. The Bertz CT molecular complexity index is 285. The lowest BCUT2D eigenvalue weighted by Crippen LogP contribution is -2.10. The summed E-state index contributed by atoms with van der Waals surface area (Å²) >= 11 is 3.34. The maximum Gasteiger partial charge on any atom is 0.218 e. The summed E-state index contributed by atoms with van der Waals surface area (Å²) in [5.74, 6) is 1.42. The lowest BCUT2D eigenvalue weighted by atomic mass is 10.5. The first-order chi connectivity index (χ1) is 6.18. The van der Waals surface area contributed by atoms with E-state index in [1.807, 2.05) is 12.3 Å². The number of carbonyl (C=O) groups excluding carboxylic acids is 1. The van der Waals surface area contributed by atoms with Gasteiger partial charge in [-0.3, -0.25) is 4.79 Å². The van der Waals surface area contributed by atoms with Gasteiger partial charge in [0, 0.05) is 23.3 Å². The van der Waals surface area contributed by atoms with Gasteiger partial charge in [-0.2, -0.15) is 11.8 Å². The maximum absolute atomic E-state index is 10.4. The van der Waals surface area contributed by atoms with E-state index in [1.165, 1.54) is 0 Å². The Morgan fingerprint density at radius 3 is 3.08 bits per heavy atom. The standard InChI is InChI=1S/C8H12N2OS2/c1-6-10-7(5-13-6)4-12-3-2-8(9)11/h5H,2-4H2,1H3,(H2,9,11). The summed E-state index contributed by atoms with van der Waals surface area (Å²) < 4.78 is 0. The molecular formula is C8H12N2OS2. The van der Waals surface area contributed by atoms with Crippen molar-refractivity contribution in [3.05, 3.63) is 16.1 Å². The summed E-state index contributed by atoms with van der Waals surface area (Å²) in [6.45, 7) is 1.99. The van der Waals surface area contributed by atoms with Gasteiger partial charge in [-0.15, -0.1) is 11.3 Å². The molecule has 0 atom stereocenters. The molecule has 0 aromatic carbocycles. The van der Waals surface area contributed by atoms with Gasteiger partial charge in [0.2, 0.25) is 5.91 Å². The number of thioether (sulfide) groups is 1. The molecule has 0 radical (unpaired) electrons.